The molecule has 0 aromatic carbocycles. The zero-order valence-electron chi connectivity index (χ0n) is 9.24. The average molecular weight is 239 g/mol. The van der Waals surface area contributed by atoms with Crippen LogP contribution in [0.5, 0.6) is 0 Å². The van der Waals surface area contributed by atoms with E-state index in [9.17, 15) is 4.79 Å². The Morgan fingerprint density at radius 1 is 1.69 bits per heavy atom. The summed E-state index contributed by atoms with van der Waals surface area (Å²) in [5, 5.41) is 9.02. The molecule has 1 saturated heterocycles. The summed E-state index contributed by atoms with van der Waals surface area (Å²) in [5.74, 6) is 0.761. The van der Waals surface area contributed by atoms with Crippen LogP contribution in [0, 0.1) is 5.92 Å². The second kappa shape index (κ2) is 6.08. The van der Waals surface area contributed by atoms with E-state index in [1.165, 1.54) is 24.2 Å². The summed E-state index contributed by atoms with van der Waals surface area (Å²) < 4.78 is 0. The van der Waals surface area contributed by atoms with Gasteiger partial charge in [0.05, 0.1) is 6.54 Å². The van der Waals surface area contributed by atoms with Crippen molar-refractivity contribution in [3.8, 4) is 0 Å². The second-order valence-corrected chi connectivity index (χ2v) is 5.00. The highest BCUT2D eigenvalue weighted by atomic mass is 32.1. The minimum Gasteiger partial charge on any atom is -0.316 e. The van der Waals surface area contributed by atoms with Crippen LogP contribution in [0.3, 0.4) is 0 Å². The molecule has 16 heavy (non-hydrogen) atoms. The molecule has 1 unspecified atom stereocenters. The van der Waals surface area contributed by atoms with Gasteiger partial charge < -0.3 is 10.6 Å². The maximum atomic E-state index is 11.6. The molecule has 0 spiro atoms. The van der Waals surface area contributed by atoms with E-state index < -0.39 is 0 Å². The molecule has 2 N–H and O–H groups in total. The Bertz CT molecular complexity index is 320. The van der Waals surface area contributed by atoms with Gasteiger partial charge in [-0.3, -0.25) is 4.79 Å². The molecular weight excluding hydrogens is 222 g/mol. The Morgan fingerprint density at radius 2 is 2.62 bits per heavy atom. The lowest BCUT2D eigenvalue weighted by Gasteiger charge is -2.22. The first-order chi connectivity index (χ1) is 7.86. The summed E-state index contributed by atoms with van der Waals surface area (Å²) in [6.07, 6.45) is 4.17. The van der Waals surface area contributed by atoms with E-state index in [1.54, 1.807) is 6.20 Å². The van der Waals surface area contributed by atoms with Crippen LogP contribution in [0.25, 0.3) is 0 Å². The fourth-order valence-corrected chi connectivity index (χ4v) is 2.50. The van der Waals surface area contributed by atoms with E-state index in [1.807, 2.05) is 5.38 Å². The van der Waals surface area contributed by atoms with Gasteiger partial charge in [0.15, 0.2) is 5.01 Å². The summed E-state index contributed by atoms with van der Waals surface area (Å²) in [6.45, 7) is 3.53. The van der Waals surface area contributed by atoms with Gasteiger partial charge in [-0.25, -0.2) is 4.98 Å². The Morgan fingerprint density at radius 3 is 3.31 bits per heavy atom. The molecule has 0 aliphatic carbocycles. The molecule has 1 fully saturated rings. The highest BCUT2D eigenvalue weighted by molar-refractivity contribution is 7.11. The van der Waals surface area contributed by atoms with Gasteiger partial charge in [0.2, 0.25) is 5.78 Å². The van der Waals surface area contributed by atoms with E-state index in [0.29, 0.717) is 17.5 Å². The van der Waals surface area contributed by atoms with Gasteiger partial charge in [0, 0.05) is 11.6 Å². The number of nitrogens with zero attached hydrogens (tertiary/aromatic N) is 1. The number of carbonyl (C=O) groups is 1. The van der Waals surface area contributed by atoms with Crippen molar-refractivity contribution in [3.63, 3.8) is 0 Å². The number of thiazole rings is 1. The molecule has 1 aromatic heterocycles. The van der Waals surface area contributed by atoms with Crippen molar-refractivity contribution in [1.29, 1.82) is 0 Å². The zero-order chi connectivity index (χ0) is 11.2. The summed E-state index contributed by atoms with van der Waals surface area (Å²) in [7, 11) is 0. The van der Waals surface area contributed by atoms with E-state index in [-0.39, 0.29) is 5.78 Å². The van der Waals surface area contributed by atoms with Crippen molar-refractivity contribution in [1.82, 2.24) is 15.6 Å². The fraction of sp³-hybridized carbons (Fsp3) is 0.636. The maximum Gasteiger partial charge on any atom is 0.205 e. The number of rotatable bonds is 5. The molecular formula is C11H17N3OS. The lowest BCUT2D eigenvalue weighted by atomic mass is 10.00. The van der Waals surface area contributed by atoms with Crippen molar-refractivity contribution < 1.29 is 4.79 Å². The Kier molecular flexibility index (Phi) is 4.44. The molecule has 0 radical (unpaired) electrons. The molecule has 5 heteroatoms. The van der Waals surface area contributed by atoms with Gasteiger partial charge >= 0.3 is 0 Å². The molecule has 1 aliphatic rings. The molecule has 1 aliphatic heterocycles. The van der Waals surface area contributed by atoms with Gasteiger partial charge in [-0.2, -0.15) is 0 Å². The van der Waals surface area contributed by atoms with E-state index in [0.717, 1.165) is 19.6 Å². The molecule has 2 rings (SSSR count). The molecule has 2 heterocycles. The largest absolute Gasteiger partial charge is 0.316 e. The number of nitrogens with one attached hydrogen (secondary N) is 2. The first kappa shape index (κ1) is 11.7. The highest BCUT2D eigenvalue weighted by Crippen LogP contribution is 2.08. The Labute approximate surface area is 99.5 Å². The predicted molar refractivity (Wildman–Crippen MR) is 64.9 cm³/mol. The molecule has 4 nitrogen and oxygen atoms in total. The van der Waals surface area contributed by atoms with E-state index in [4.69, 9.17) is 0 Å². The predicted octanol–water partition coefficient (Wildman–Crippen LogP) is 0.915. The van der Waals surface area contributed by atoms with Crippen LogP contribution in [0.4, 0.5) is 0 Å². The quantitative estimate of drug-likeness (QED) is 0.750. The Hall–Kier alpha value is -0.780. The van der Waals surface area contributed by atoms with Gasteiger partial charge in [-0.1, -0.05) is 0 Å². The molecule has 0 amide bonds. The third kappa shape index (κ3) is 3.37. The van der Waals surface area contributed by atoms with Gasteiger partial charge in [0.25, 0.3) is 0 Å². The topological polar surface area (TPSA) is 54.0 Å². The number of carbonyl (C=O) groups excluding carboxylic acids is 1. The standard InChI is InChI=1S/C11H17N3OS/c15-10(11-14-4-5-16-11)8-13-7-9-2-1-3-12-6-9/h4-5,9,12-13H,1-3,6-8H2. The SMILES string of the molecule is O=C(CNCC1CCCNC1)c1nccs1. The lowest BCUT2D eigenvalue weighted by Crippen LogP contribution is -2.37. The third-order valence-corrected chi connectivity index (χ3v) is 3.60. The fourth-order valence-electron chi connectivity index (χ4n) is 1.92. The molecule has 1 aromatic rings. The van der Waals surface area contributed by atoms with Crippen molar-refractivity contribution in [2.75, 3.05) is 26.2 Å². The summed E-state index contributed by atoms with van der Waals surface area (Å²) in [5.41, 5.74) is 0. The number of piperidine rings is 1. The van der Waals surface area contributed by atoms with Crippen LogP contribution >= 0.6 is 11.3 Å². The highest BCUT2D eigenvalue weighted by Gasteiger charge is 2.13. The van der Waals surface area contributed by atoms with Crippen LogP contribution < -0.4 is 10.6 Å². The second-order valence-electron chi connectivity index (χ2n) is 4.10. The smallest absolute Gasteiger partial charge is 0.205 e. The average Bonchev–Trinajstić information content (AvgIpc) is 2.84. The summed E-state index contributed by atoms with van der Waals surface area (Å²) in [4.78, 5) is 15.6. The first-order valence-corrected chi connectivity index (χ1v) is 6.58. The monoisotopic (exact) mass is 239 g/mol. The minimum absolute atomic E-state index is 0.0961. The molecule has 88 valence electrons. The van der Waals surface area contributed by atoms with E-state index in [2.05, 4.69) is 15.6 Å². The minimum atomic E-state index is 0.0961. The third-order valence-electron chi connectivity index (χ3n) is 2.79. The van der Waals surface area contributed by atoms with Crippen LogP contribution in [-0.2, 0) is 0 Å². The number of aromatic nitrogens is 1. The lowest BCUT2D eigenvalue weighted by molar-refractivity contribution is 0.0989. The molecule has 1 atom stereocenters. The normalized spacial score (nSPS) is 20.9. The maximum absolute atomic E-state index is 11.6. The molecule has 0 saturated carbocycles. The summed E-state index contributed by atoms with van der Waals surface area (Å²) in [6, 6.07) is 0. The van der Waals surface area contributed by atoms with Crippen molar-refractivity contribution in [2.45, 2.75) is 12.8 Å². The zero-order valence-corrected chi connectivity index (χ0v) is 10.1. The van der Waals surface area contributed by atoms with Crippen LogP contribution in [0.1, 0.15) is 22.6 Å². The van der Waals surface area contributed by atoms with Crippen molar-refractivity contribution >= 4 is 17.1 Å². The first-order valence-electron chi connectivity index (χ1n) is 5.70. The summed E-state index contributed by atoms with van der Waals surface area (Å²) >= 11 is 1.40. The number of Topliss-reactive ketones (excluding diaryl/α,β-unsaturated/α-hetero) is 1. The van der Waals surface area contributed by atoms with Crippen molar-refractivity contribution in [3.05, 3.63) is 16.6 Å². The van der Waals surface area contributed by atoms with Gasteiger partial charge in [-0.15, -0.1) is 11.3 Å². The number of hydrogen-bond donors (Lipinski definition) is 2. The van der Waals surface area contributed by atoms with Crippen LogP contribution in [0.2, 0.25) is 0 Å². The van der Waals surface area contributed by atoms with Gasteiger partial charge in [-0.05, 0) is 38.4 Å². The van der Waals surface area contributed by atoms with Crippen LogP contribution in [-0.4, -0.2) is 36.9 Å². The van der Waals surface area contributed by atoms with Crippen molar-refractivity contribution in [2.24, 2.45) is 5.92 Å². The van der Waals surface area contributed by atoms with E-state index >= 15 is 0 Å². The molecule has 0 bridgehead atoms. The number of hydrogen-bond acceptors (Lipinski definition) is 5. The van der Waals surface area contributed by atoms with Crippen LogP contribution in [0.15, 0.2) is 11.6 Å². The number of ketones is 1. The Balaban J connectivity index is 1.66. The van der Waals surface area contributed by atoms with Gasteiger partial charge in [0.1, 0.15) is 0 Å².